The van der Waals surface area contributed by atoms with Crippen LogP contribution in [0, 0.1) is 29.0 Å². The zero-order valence-corrected chi connectivity index (χ0v) is 26.1. The Morgan fingerprint density at radius 3 is 2.34 bits per heavy atom. The van der Waals surface area contributed by atoms with E-state index in [2.05, 4.69) is 5.32 Å². The van der Waals surface area contributed by atoms with Gasteiger partial charge in [0.2, 0.25) is 0 Å². The number of halogens is 1. The van der Waals surface area contributed by atoms with Gasteiger partial charge in [-0.05, 0) is 83.3 Å². The molecule has 0 aromatic heterocycles. The van der Waals surface area contributed by atoms with E-state index in [1.54, 1.807) is 0 Å². The van der Waals surface area contributed by atoms with Crippen molar-refractivity contribution in [1.82, 2.24) is 5.32 Å². The molecule has 2 saturated carbocycles. The van der Waals surface area contributed by atoms with Gasteiger partial charge in [0.15, 0.2) is 11.6 Å². The molecule has 2 aromatic carbocycles. The third-order valence-electron chi connectivity index (χ3n) is 8.97. The predicted octanol–water partition coefficient (Wildman–Crippen LogP) is 6.17. The molecule has 1 amide bonds. The molecule has 0 radical (unpaired) electrons. The maximum absolute atomic E-state index is 15.1. The molecule has 44 heavy (non-hydrogen) atoms. The molecule has 5 rings (SSSR count). The second-order valence-electron chi connectivity index (χ2n) is 13.4. The van der Waals surface area contributed by atoms with Crippen molar-refractivity contribution in [2.75, 3.05) is 7.11 Å². The standard InChI is InChI=1S/C35H42FNO7/c1-34(2,3)44-33(40)35(4)15-13-24(14-16-35)43-28-18-25(27(41-5)19-26(28)36)31(38)37-30-23-12-11-22(17-23)29(30)32(39)42-20-21-9-7-6-8-10-21/h6-12,18-19,22-24,29-30H,13-17,20H2,1-5H3,(H,37,38)/t22-,23+,24-,29?,30-,35+/m0/s1. The fourth-order valence-electron chi connectivity index (χ4n) is 6.50. The number of carbonyl (C=O) groups excluding carboxylic acids is 3. The van der Waals surface area contributed by atoms with Crippen LogP contribution in [0.4, 0.5) is 4.39 Å². The van der Waals surface area contributed by atoms with Crippen LogP contribution in [0.15, 0.2) is 54.6 Å². The first-order chi connectivity index (χ1) is 20.9. The topological polar surface area (TPSA) is 100 Å². The van der Waals surface area contributed by atoms with E-state index in [9.17, 15) is 14.4 Å². The maximum atomic E-state index is 15.1. The second-order valence-corrected chi connectivity index (χ2v) is 13.4. The van der Waals surface area contributed by atoms with Crippen molar-refractivity contribution < 1.29 is 37.7 Å². The summed E-state index contributed by atoms with van der Waals surface area (Å²) in [6.07, 6.45) is 6.61. The molecule has 3 aliphatic carbocycles. The first-order valence-electron chi connectivity index (χ1n) is 15.3. The van der Waals surface area contributed by atoms with Crippen molar-refractivity contribution >= 4 is 17.8 Å². The molecule has 3 aliphatic rings. The fraction of sp³-hybridized carbons (Fsp3) is 0.514. The summed E-state index contributed by atoms with van der Waals surface area (Å²) in [6, 6.07) is 11.5. The molecule has 2 aromatic rings. The van der Waals surface area contributed by atoms with E-state index in [0.717, 1.165) is 18.1 Å². The van der Waals surface area contributed by atoms with E-state index >= 15 is 4.39 Å². The van der Waals surface area contributed by atoms with E-state index in [0.29, 0.717) is 25.7 Å². The molecule has 4 atom stereocenters. The Bertz CT molecular complexity index is 1410. The lowest BCUT2D eigenvalue weighted by molar-refractivity contribution is -0.169. The summed E-state index contributed by atoms with van der Waals surface area (Å²) < 4.78 is 37.8. The van der Waals surface area contributed by atoms with E-state index in [1.807, 2.05) is 70.2 Å². The van der Waals surface area contributed by atoms with Crippen LogP contribution < -0.4 is 14.8 Å². The van der Waals surface area contributed by atoms with Gasteiger partial charge in [-0.2, -0.15) is 0 Å². The molecule has 0 heterocycles. The number of fused-ring (bicyclic) bond motifs is 2. The lowest BCUT2D eigenvalue weighted by atomic mass is 9.74. The van der Waals surface area contributed by atoms with Crippen LogP contribution >= 0.6 is 0 Å². The Kier molecular flexibility index (Phi) is 9.05. The molecule has 2 bridgehead atoms. The SMILES string of the molecule is COc1cc(F)c(O[C@H]2CC[C@@](C)(C(=O)OC(C)(C)C)CC2)cc1C(=O)N[C@@H]1C(C(=O)OCc2ccccc2)[C@H]2C=C[C@@H]1C2. The average molecular weight is 608 g/mol. The number of carbonyl (C=O) groups is 3. The highest BCUT2D eigenvalue weighted by Gasteiger charge is 2.50. The third-order valence-corrected chi connectivity index (χ3v) is 8.97. The number of esters is 2. The van der Waals surface area contributed by atoms with E-state index < -0.39 is 34.7 Å². The summed E-state index contributed by atoms with van der Waals surface area (Å²) in [6.45, 7) is 7.57. The zero-order valence-electron chi connectivity index (χ0n) is 26.1. The molecular weight excluding hydrogens is 565 g/mol. The van der Waals surface area contributed by atoms with Crippen molar-refractivity contribution in [3.63, 3.8) is 0 Å². The van der Waals surface area contributed by atoms with Crippen molar-refractivity contribution in [3.8, 4) is 11.5 Å². The summed E-state index contributed by atoms with van der Waals surface area (Å²) in [4.78, 5) is 39.6. The minimum absolute atomic E-state index is 0.0121. The summed E-state index contributed by atoms with van der Waals surface area (Å²) in [7, 11) is 1.37. The van der Waals surface area contributed by atoms with Gasteiger partial charge >= 0.3 is 11.9 Å². The van der Waals surface area contributed by atoms with Crippen LogP contribution in [0.25, 0.3) is 0 Å². The van der Waals surface area contributed by atoms with Crippen LogP contribution in [0.2, 0.25) is 0 Å². The van der Waals surface area contributed by atoms with Gasteiger partial charge in [-0.1, -0.05) is 42.5 Å². The number of nitrogens with one attached hydrogen (secondary N) is 1. The zero-order chi connectivity index (χ0) is 31.6. The van der Waals surface area contributed by atoms with Crippen LogP contribution in [-0.2, 0) is 25.7 Å². The molecule has 0 saturated heterocycles. The Hall–Kier alpha value is -3.88. The van der Waals surface area contributed by atoms with Crippen LogP contribution in [-0.4, -0.2) is 42.7 Å². The maximum Gasteiger partial charge on any atom is 0.312 e. The molecule has 236 valence electrons. The Morgan fingerprint density at radius 1 is 1.00 bits per heavy atom. The number of rotatable bonds is 9. The number of amides is 1. The molecule has 8 nitrogen and oxygen atoms in total. The van der Waals surface area contributed by atoms with Gasteiger partial charge in [0.25, 0.3) is 5.91 Å². The van der Waals surface area contributed by atoms with Crippen molar-refractivity contribution in [3.05, 3.63) is 71.6 Å². The Morgan fingerprint density at radius 2 is 1.68 bits per heavy atom. The van der Waals surface area contributed by atoms with Gasteiger partial charge in [0, 0.05) is 12.1 Å². The predicted molar refractivity (Wildman–Crippen MR) is 162 cm³/mol. The first kappa shape index (κ1) is 31.5. The first-order valence-corrected chi connectivity index (χ1v) is 15.3. The van der Waals surface area contributed by atoms with Gasteiger partial charge in [-0.3, -0.25) is 14.4 Å². The highest BCUT2D eigenvalue weighted by Crippen LogP contribution is 2.45. The Balaban J connectivity index is 1.26. The lowest BCUT2D eigenvalue weighted by Crippen LogP contribution is -2.46. The lowest BCUT2D eigenvalue weighted by Gasteiger charge is -2.37. The summed E-state index contributed by atoms with van der Waals surface area (Å²) in [5.74, 6) is -2.30. The number of hydrogen-bond acceptors (Lipinski definition) is 7. The van der Waals surface area contributed by atoms with Crippen molar-refractivity contribution in [2.45, 2.75) is 84.2 Å². The molecule has 2 fully saturated rings. The second kappa shape index (κ2) is 12.6. The molecule has 9 heteroatoms. The van der Waals surface area contributed by atoms with Gasteiger partial charge in [0.05, 0.1) is 30.1 Å². The number of ether oxygens (including phenoxy) is 4. The molecule has 1 N–H and O–H groups in total. The summed E-state index contributed by atoms with van der Waals surface area (Å²) in [5, 5.41) is 3.02. The highest BCUT2D eigenvalue weighted by atomic mass is 19.1. The fourth-order valence-corrected chi connectivity index (χ4v) is 6.50. The Labute approximate surface area is 258 Å². The van der Waals surface area contributed by atoms with Crippen LogP contribution in [0.5, 0.6) is 11.5 Å². The third kappa shape index (κ3) is 6.92. The molecule has 0 aliphatic heterocycles. The largest absolute Gasteiger partial charge is 0.496 e. The van der Waals surface area contributed by atoms with Gasteiger partial charge in [0.1, 0.15) is 18.0 Å². The highest BCUT2D eigenvalue weighted by molar-refractivity contribution is 5.98. The van der Waals surface area contributed by atoms with Gasteiger partial charge in [-0.25, -0.2) is 4.39 Å². The summed E-state index contributed by atoms with van der Waals surface area (Å²) >= 11 is 0. The average Bonchev–Trinajstić information content (AvgIpc) is 3.59. The van der Waals surface area contributed by atoms with E-state index in [-0.39, 0.29) is 53.5 Å². The van der Waals surface area contributed by atoms with Crippen LogP contribution in [0.3, 0.4) is 0 Å². The van der Waals surface area contributed by atoms with Crippen LogP contribution in [0.1, 0.15) is 75.7 Å². The normalized spacial score (nSPS) is 27.5. The number of methoxy groups -OCH3 is 1. The monoisotopic (exact) mass is 607 g/mol. The smallest absolute Gasteiger partial charge is 0.312 e. The van der Waals surface area contributed by atoms with Gasteiger partial charge in [-0.15, -0.1) is 0 Å². The number of benzene rings is 2. The molecule has 1 unspecified atom stereocenters. The van der Waals surface area contributed by atoms with E-state index in [1.165, 1.54) is 13.2 Å². The van der Waals surface area contributed by atoms with Crippen molar-refractivity contribution in [1.29, 1.82) is 0 Å². The van der Waals surface area contributed by atoms with Gasteiger partial charge < -0.3 is 24.3 Å². The minimum atomic E-state index is -0.649. The molecule has 0 spiro atoms. The van der Waals surface area contributed by atoms with E-state index in [4.69, 9.17) is 18.9 Å². The number of hydrogen-bond donors (Lipinski definition) is 1. The van der Waals surface area contributed by atoms with Crippen molar-refractivity contribution in [2.24, 2.45) is 23.2 Å². The minimum Gasteiger partial charge on any atom is -0.496 e. The number of allylic oxidation sites excluding steroid dienone is 1. The quantitative estimate of drug-likeness (QED) is 0.269. The molecular formula is C35H42FNO7. The summed E-state index contributed by atoms with van der Waals surface area (Å²) in [5.41, 5.74) is -0.213.